The van der Waals surface area contributed by atoms with Crippen molar-refractivity contribution in [3.63, 3.8) is 0 Å². The second-order valence-electron chi connectivity index (χ2n) is 9.01. The molecule has 0 bridgehead atoms. The molecule has 0 heterocycles. The number of carbonyl (C=O) groups excluding carboxylic acids is 4. The van der Waals surface area contributed by atoms with Crippen LogP contribution >= 0.6 is 0 Å². The van der Waals surface area contributed by atoms with Crippen molar-refractivity contribution in [2.75, 3.05) is 65.9 Å². The Morgan fingerprint density at radius 3 is 2.05 bits per heavy atom. The van der Waals surface area contributed by atoms with E-state index in [-0.39, 0.29) is 83.2 Å². The van der Waals surface area contributed by atoms with E-state index in [9.17, 15) is 29.1 Å². The summed E-state index contributed by atoms with van der Waals surface area (Å²) in [6.07, 6.45) is 3.03. The third-order valence-corrected chi connectivity index (χ3v) is 5.56. The van der Waals surface area contributed by atoms with Crippen LogP contribution in [0.25, 0.3) is 0 Å². The average Bonchev–Trinajstić information content (AvgIpc) is 2.94. The minimum atomic E-state index is -1.19. The summed E-state index contributed by atoms with van der Waals surface area (Å²) in [5, 5.41) is 17.1. The number of aliphatic carboxylic acids is 1. The fourth-order valence-corrected chi connectivity index (χ4v) is 3.39. The van der Waals surface area contributed by atoms with Crippen LogP contribution in [0.15, 0.2) is 24.3 Å². The molecule has 1 radical (unpaired) electrons. The van der Waals surface area contributed by atoms with E-state index >= 15 is 0 Å². The summed E-state index contributed by atoms with van der Waals surface area (Å²) in [7, 11) is 0. The van der Waals surface area contributed by atoms with Crippen LogP contribution in [0, 0.1) is 6.92 Å². The van der Waals surface area contributed by atoms with E-state index in [2.05, 4.69) is 16.0 Å². The summed E-state index contributed by atoms with van der Waals surface area (Å²) in [4.78, 5) is 57.3. The Morgan fingerprint density at radius 2 is 1.41 bits per heavy atom. The van der Waals surface area contributed by atoms with Gasteiger partial charge in [-0.05, 0) is 31.7 Å². The molecular weight excluding hydrogens is 538 g/mol. The molecular formula is C28H42N3O10. The van der Waals surface area contributed by atoms with Crippen LogP contribution in [0.3, 0.4) is 0 Å². The van der Waals surface area contributed by atoms with Crippen molar-refractivity contribution < 1.29 is 48.0 Å². The van der Waals surface area contributed by atoms with Crippen LogP contribution in [0.4, 0.5) is 0 Å². The van der Waals surface area contributed by atoms with Gasteiger partial charge in [0.1, 0.15) is 19.3 Å². The highest BCUT2D eigenvalue weighted by molar-refractivity contribution is 5.84. The number of hydrogen-bond acceptors (Lipinski definition) is 9. The van der Waals surface area contributed by atoms with Crippen molar-refractivity contribution >= 4 is 30.0 Å². The van der Waals surface area contributed by atoms with Crippen LogP contribution in [0.2, 0.25) is 0 Å². The van der Waals surface area contributed by atoms with E-state index in [0.29, 0.717) is 26.2 Å². The Kier molecular flexibility index (Phi) is 20.3. The smallest absolute Gasteiger partial charge is 0.326 e. The average molecular weight is 581 g/mol. The van der Waals surface area contributed by atoms with Crippen molar-refractivity contribution in [1.82, 2.24) is 16.0 Å². The molecule has 13 nitrogen and oxygen atoms in total. The number of nitrogens with one attached hydrogen (secondary N) is 3. The van der Waals surface area contributed by atoms with Gasteiger partial charge in [-0.3, -0.25) is 19.2 Å². The van der Waals surface area contributed by atoms with E-state index in [1.165, 1.54) is 0 Å². The molecule has 1 aromatic carbocycles. The zero-order chi connectivity index (χ0) is 30.1. The van der Waals surface area contributed by atoms with E-state index in [0.717, 1.165) is 17.5 Å². The first-order valence-corrected chi connectivity index (χ1v) is 13.6. The lowest BCUT2D eigenvalue weighted by molar-refractivity contribution is -0.142. The van der Waals surface area contributed by atoms with Crippen LogP contribution < -0.4 is 16.0 Å². The van der Waals surface area contributed by atoms with E-state index in [1.807, 2.05) is 31.2 Å². The molecule has 1 aromatic rings. The minimum absolute atomic E-state index is 0.0254. The first-order valence-electron chi connectivity index (χ1n) is 13.6. The molecule has 1 atom stereocenters. The molecule has 0 aliphatic heterocycles. The van der Waals surface area contributed by atoms with Gasteiger partial charge < -0.3 is 40.0 Å². The fraction of sp³-hybridized carbons (Fsp3) is 0.607. The second kappa shape index (κ2) is 23.3. The van der Waals surface area contributed by atoms with Crippen LogP contribution in [0.5, 0.6) is 0 Å². The normalized spacial score (nSPS) is 11.4. The van der Waals surface area contributed by atoms with Gasteiger partial charge in [-0.2, -0.15) is 0 Å². The second-order valence-corrected chi connectivity index (χ2v) is 9.01. The number of ether oxygens (including phenoxy) is 4. The third kappa shape index (κ3) is 20.2. The Balaban J connectivity index is 2.02. The lowest BCUT2D eigenvalue weighted by atomic mass is 10.1. The zero-order valence-corrected chi connectivity index (χ0v) is 23.6. The van der Waals surface area contributed by atoms with Crippen molar-refractivity contribution in [3.8, 4) is 0 Å². The molecule has 0 fully saturated rings. The highest BCUT2D eigenvalue weighted by atomic mass is 16.5. The topological polar surface area (TPSA) is 179 Å². The van der Waals surface area contributed by atoms with Gasteiger partial charge in [0.15, 0.2) is 0 Å². The molecule has 0 spiro atoms. The van der Waals surface area contributed by atoms with Crippen LogP contribution in [0.1, 0.15) is 36.8 Å². The van der Waals surface area contributed by atoms with Crippen molar-refractivity contribution in [1.29, 1.82) is 0 Å². The van der Waals surface area contributed by atoms with Gasteiger partial charge in [-0.1, -0.05) is 29.8 Å². The van der Waals surface area contributed by atoms with Gasteiger partial charge in [0.2, 0.25) is 24.0 Å². The predicted molar refractivity (Wildman–Crippen MR) is 148 cm³/mol. The van der Waals surface area contributed by atoms with Gasteiger partial charge in [-0.25, -0.2) is 4.79 Å². The summed E-state index contributed by atoms with van der Waals surface area (Å²) >= 11 is 0. The summed E-state index contributed by atoms with van der Waals surface area (Å²) < 4.78 is 20.6. The molecule has 0 saturated carbocycles. The summed E-state index contributed by atoms with van der Waals surface area (Å²) in [5.74, 6) is -2.20. The number of aryl methyl sites for hydroxylation is 2. The Hall–Kier alpha value is -3.39. The monoisotopic (exact) mass is 580 g/mol. The van der Waals surface area contributed by atoms with E-state index in [4.69, 9.17) is 18.9 Å². The number of carboxylic acids is 1. The minimum Gasteiger partial charge on any atom is -0.480 e. The standard InChI is InChI=1S/C28H42N3O10/c1-22-5-7-23(8-6-22)3-2-4-26(34)31-24(28(36)37)9-10-25(33)29-11-14-39-19-20-41-21-27(35)30-12-15-38-17-18-40-16-13-32/h5-8,24H,2-4,9-12,14-21H2,1H3,(H,29,33)(H,30,35)(H,31,34)(H,36,37)/t24-/m0/s1. The first-order chi connectivity index (χ1) is 19.8. The SMILES string of the molecule is Cc1ccc(CCCC(=O)N[C@@H](CCC(=O)NCCOCCOCC(=O)NCCOCCOC[C]=O)C(=O)O)cc1. The van der Waals surface area contributed by atoms with Gasteiger partial charge in [0, 0.05) is 25.9 Å². The Morgan fingerprint density at radius 1 is 0.805 bits per heavy atom. The molecule has 3 amide bonds. The molecule has 0 aliphatic rings. The quantitative estimate of drug-likeness (QED) is 0.116. The van der Waals surface area contributed by atoms with Crippen molar-refractivity contribution in [2.24, 2.45) is 0 Å². The molecule has 4 N–H and O–H groups in total. The number of hydrogen-bond donors (Lipinski definition) is 4. The zero-order valence-electron chi connectivity index (χ0n) is 23.6. The van der Waals surface area contributed by atoms with Crippen molar-refractivity contribution in [3.05, 3.63) is 35.4 Å². The number of amides is 3. The third-order valence-electron chi connectivity index (χ3n) is 5.56. The Labute approximate surface area is 240 Å². The molecule has 41 heavy (non-hydrogen) atoms. The highest BCUT2D eigenvalue weighted by Gasteiger charge is 2.20. The largest absolute Gasteiger partial charge is 0.480 e. The maximum atomic E-state index is 12.2. The number of carboxylic acid groups (broad SMARTS) is 1. The van der Waals surface area contributed by atoms with E-state index < -0.39 is 12.0 Å². The van der Waals surface area contributed by atoms with E-state index in [1.54, 1.807) is 6.29 Å². The molecule has 0 unspecified atom stereocenters. The summed E-state index contributed by atoms with van der Waals surface area (Å²) in [6, 6.07) is 6.88. The van der Waals surface area contributed by atoms with Gasteiger partial charge in [0.05, 0.1) is 39.6 Å². The number of benzene rings is 1. The maximum absolute atomic E-state index is 12.2. The van der Waals surface area contributed by atoms with Crippen LogP contribution in [-0.2, 0) is 49.3 Å². The molecule has 229 valence electrons. The van der Waals surface area contributed by atoms with Gasteiger partial charge in [0.25, 0.3) is 0 Å². The summed E-state index contributed by atoms with van der Waals surface area (Å²) in [6.45, 7) is 3.82. The summed E-state index contributed by atoms with van der Waals surface area (Å²) in [5.41, 5.74) is 2.27. The molecule has 0 aliphatic carbocycles. The fourth-order valence-electron chi connectivity index (χ4n) is 3.39. The molecule has 0 aromatic heterocycles. The predicted octanol–water partition coefficient (Wildman–Crippen LogP) is 0.0758. The van der Waals surface area contributed by atoms with Crippen LogP contribution in [-0.4, -0.2) is 107 Å². The Bertz CT molecular complexity index is 911. The number of carbonyl (C=O) groups is 4. The molecule has 1 rings (SSSR count). The molecule has 0 saturated heterocycles. The van der Waals surface area contributed by atoms with Crippen molar-refractivity contribution in [2.45, 2.75) is 45.1 Å². The lowest BCUT2D eigenvalue weighted by Gasteiger charge is -2.14. The van der Waals surface area contributed by atoms with Gasteiger partial charge in [-0.15, -0.1) is 0 Å². The maximum Gasteiger partial charge on any atom is 0.326 e. The highest BCUT2D eigenvalue weighted by Crippen LogP contribution is 2.08. The first kappa shape index (κ1) is 35.6. The number of rotatable bonds is 25. The lowest BCUT2D eigenvalue weighted by Crippen LogP contribution is -2.41. The molecule has 13 heteroatoms. The van der Waals surface area contributed by atoms with Gasteiger partial charge >= 0.3 is 5.97 Å².